The van der Waals surface area contributed by atoms with E-state index in [0.29, 0.717) is 0 Å². The Balaban J connectivity index is 8.26. The lowest BCUT2D eigenvalue weighted by atomic mass is 9.75. The summed E-state index contributed by atoms with van der Waals surface area (Å²) in [5, 5.41) is 0. The van der Waals surface area contributed by atoms with Gasteiger partial charge in [-0.1, -0.05) is 45.2 Å². The molecule has 0 fully saturated rings. The number of esters is 5. The van der Waals surface area contributed by atoms with E-state index in [9.17, 15) is 24.0 Å². The molecule has 0 amide bonds. The van der Waals surface area contributed by atoms with Gasteiger partial charge in [-0.05, 0) is 0 Å². The third-order valence-corrected chi connectivity index (χ3v) is 8.70. The number of ether oxygens (including phenoxy) is 5. The fourth-order valence-electron chi connectivity index (χ4n) is 4.59. The molecule has 0 aliphatic carbocycles. The van der Waals surface area contributed by atoms with Crippen molar-refractivity contribution in [1.29, 1.82) is 0 Å². The molecule has 0 bridgehead atoms. The van der Waals surface area contributed by atoms with Gasteiger partial charge in [-0.25, -0.2) is 24.0 Å². The van der Waals surface area contributed by atoms with Gasteiger partial charge in [-0.3, -0.25) is 0 Å². The Morgan fingerprint density at radius 1 is 0.338 bits per heavy atom. The zero-order chi connectivity index (χ0) is 54.0. The first-order valence-electron chi connectivity index (χ1n) is 17.0. The van der Waals surface area contributed by atoms with Crippen LogP contribution in [-0.2, 0) is 57.4 Å². The van der Waals surface area contributed by atoms with Crippen LogP contribution >= 0.6 is 0 Å². The summed E-state index contributed by atoms with van der Waals surface area (Å²) in [7, 11) is 0. The lowest BCUT2D eigenvalue weighted by Crippen LogP contribution is -2.79. The molecule has 0 atom stereocenters. The van der Waals surface area contributed by atoms with Crippen molar-refractivity contribution >= 4 is 29.8 Å². The van der Waals surface area contributed by atoms with Crippen LogP contribution < -0.4 is 0 Å². The maximum atomic E-state index is 15.9. The van der Waals surface area contributed by atoms with Gasteiger partial charge in [0.05, 0.1) is 0 Å². The van der Waals surface area contributed by atoms with Gasteiger partial charge in [0.25, 0.3) is 0 Å². The van der Waals surface area contributed by atoms with Crippen molar-refractivity contribution in [2.45, 2.75) is 59.2 Å². The van der Waals surface area contributed by atoms with Gasteiger partial charge in [-0.2, -0.15) is 92.7 Å². The molecule has 0 aromatic rings. The van der Waals surface area contributed by atoms with E-state index in [1.165, 1.54) is 0 Å². The predicted octanol–water partition coefficient (Wildman–Crippen LogP) is 8.21. The Labute approximate surface area is 367 Å². The van der Waals surface area contributed by atoms with Gasteiger partial charge < -0.3 is 28.6 Å². The third kappa shape index (κ3) is 10.6. The fourth-order valence-corrected chi connectivity index (χ4v) is 4.59. The Morgan fingerprint density at radius 3 is 0.691 bits per heavy atom. The molecule has 0 aromatic heterocycles. The Hall–Kier alpha value is -6.07. The average Bonchev–Trinajstić information content (AvgIpc) is 3.26. The van der Waals surface area contributed by atoms with E-state index in [1.54, 1.807) is 5.73 Å². The quantitative estimate of drug-likeness (QED) is 0.00786. The molecule has 0 aliphatic rings. The molecule has 12 nitrogen and oxygen atoms in total. The van der Waals surface area contributed by atoms with E-state index in [2.05, 4.69) is 72.9 Å². The number of alkyl halides is 20. The summed E-state index contributed by atoms with van der Waals surface area (Å²) in [6.45, 7) is -0.429. The van der Waals surface area contributed by atoms with Crippen LogP contribution in [0, 0.1) is 10.8 Å². The van der Waals surface area contributed by atoms with Gasteiger partial charge >= 0.3 is 89.1 Å². The number of hydrogen-bond acceptors (Lipinski definition) is 12. The second kappa shape index (κ2) is 21.5. The topological polar surface area (TPSA) is 150 Å². The highest BCUT2D eigenvalue weighted by atomic mass is 19.4. The molecule has 32 heteroatoms. The second-order valence-corrected chi connectivity index (χ2v) is 13.0. The molecule has 0 saturated heterocycles. The van der Waals surface area contributed by atoms with Gasteiger partial charge in [0.1, 0.15) is 50.5 Å². The lowest BCUT2D eigenvalue weighted by Gasteiger charge is -2.48. The summed E-state index contributed by atoms with van der Waals surface area (Å²) in [6.07, 6.45) is -0.226. The van der Waals surface area contributed by atoms with Gasteiger partial charge in [0.2, 0.25) is 0 Å². The minimum Gasteiger partial charge on any atom is -0.461 e. The molecule has 0 heterocycles. The van der Waals surface area contributed by atoms with E-state index in [4.69, 9.17) is 0 Å². The second-order valence-electron chi connectivity index (χ2n) is 13.0. The molecular formula is C36H30F20O12. The summed E-state index contributed by atoms with van der Waals surface area (Å²) in [6, 6.07) is 0. The largest absolute Gasteiger partial charge is 0.461 e. The van der Waals surface area contributed by atoms with Crippen LogP contribution in [0.15, 0.2) is 81.8 Å². The van der Waals surface area contributed by atoms with E-state index < -0.39 is 140 Å². The molecule has 0 radical (unpaired) electrons. The summed E-state index contributed by atoms with van der Waals surface area (Å²) in [5.74, 6) is -99.3. The smallest absolute Gasteiger partial charge is 0.385 e. The molecule has 0 aromatic carbocycles. The normalized spacial score (nSPS) is 13.7. The Morgan fingerprint density at radius 2 is 0.515 bits per heavy atom. The zero-order valence-electron chi connectivity index (χ0n) is 33.4. The Kier molecular flexibility index (Phi) is 19.6. The van der Waals surface area contributed by atoms with E-state index in [-0.39, 0.29) is 36.6 Å². The van der Waals surface area contributed by atoms with Gasteiger partial charge in [-0.15, -0.1) is 0 Å². The van der Waals surface area contributed by atoms with Crippen molar-refractivity contribution in [3.8, 4) is 0 Å². The first-order valence-corrected chi connectivity index (χ1v) is 17.0. The molecule has 0 N–H and O–H groups in total. The molecular weight excluding hydrogens is 1000 g/mol. The van der Waals surface area contributed by atoms with Crippen molar-refractivity contribution in [3.05, 3.63) is 81.8 Å². The van der Waals surface area contributed by atoms with Crippen LogP contribution in [-0.4, -0.2) is 129 Å². The van der Waals surface area contributed by atoms with E-state index in [1.807, 2.05) is 0 Å². The molecule has 68 heavy (non-hydrogen) atoms. The summed E-state index contributed by atoms with van der Waals surface area (Å²) < 4.78 is 327. The van der Waals surface area contributed by atoms with Crippen LogP contribution in [0.5, 0.6) is 0 Å². The fraction of sp³-hybridized carbons (Fsp3) is 0.500. The van der Waals surface area contributed by atoms with Crippen LogP contribution in [0.2, 0.25) is 0 Å². The third-order valence-electron chi connectivity index (χ3n) is 8.70. The number of carbonyl (C=O) groups excluding carboxylic acids is 5. The minimum absolute atomic E-state index is 0.0395. The number of carbonyl (C=O) groups is 5. The molecule has 0 rings (SSSR count). The summed E-state index contributed by atoms with van der Waals surface area (Å²) in [4.78, 5) is 66.0. The van der Waals surface area contributed by atoms with Gasteiger partial charge in [0.15, 0.2) is 6.26 Å². The maximum absolute atomic E-state index is 15.9. The summed E-state index contributed by atoms with van der Waals surface area (Å²) >= 11 is 0. The minimum atomic E-state index is -9.58. The first kappa shape index (κ1) is 61.9. The molecule has 0 unspecified atom stereocenters. The van der Waals surface area contributed by atoms with Crippen molar-refractivity contribution in [2.24, 2.45) is 10.8 Å². The predicted molar refractivity (Wildman–Crippen MR) is 181 cm³/mol. The van der Waals surface area contributed by atoms with Crippen molar-refractivity contribution in [2.75, 3.05) is 39.6 Å². The highest BCUT2D eigenvalue weighted by Gasteiger charge is 2.99. The van der Waals surface area contributed by atoms with Crippen LogP contribution in [0.25, 0.3) is 0 Å². The monoisotopic (exact) mass is 1030 g/mol. The van der Waals surface area contributed by atoms with Crippen molar-refractivity contribution < 1.29 is 145 Å². The van der Waals surface area contributed by atoms with E-state index in [0.717, 1.165) is 0 Å². The molecule has 0 saturated carbocycles. The standard InChI is InChI=1S/C36H30F20O12/c1-7-13-67-68-19-26(17-65-23(60)11-5,18-66-24(61)12-6)28(39,40)30(43,44)32(47,48)34(51,52)36(55,56)35(53,54)33(49,50)31(45,46)29(41,42)27(37,38)25(14-62-20(57)8-2,15-63-21(58)9-3)16-64-22(59)10-4/h8-13H,1-6,14-19H2. The SMILES string of the molecule is C=C=COOCC(COC(=O)C=C)(COC(=O)C=C)C(F)(F)C(F)(F)C(F)(F)C(F)(F)C(F)(F)C(F)(F)C(F)(F)C(F)(F)C(F)(F)C(F)(F)C(COC(=O)C=C)(COC(=O)C=C)COC(=O)C=C. The maximum Gasteiger partial charge on any atom is 0.385 e. The van der Waals surface area contributed by atoms with Crippen molar-refractivity contribution in [3.63, 3.8) is 0 Å². The van der Waals surface area contributed by atoms with Crippen LogP contribution in [0.1, 0.15) is 0 Å². The Bertz CT molecular complexity index is 1890. The van der Waals surface area contributed by atoms with Gasteiger partial charge in [0, 0.05) is 30.4 Å². The highest BCUT2D eigenvalue weighted by Crippen LogP contribution is 2.68. The first-order chi connectivity index (χ1) is 30.6. The average molecular weight is 1030 g/mol. The molecule has 386 valence electrons. The molecule has 0 spiro atoms. The highest BCUT2D eigenvalue weighted by molar-refractivity contribution is 5.83. The number of rotatable bonds is 30. The summed E-state index contributed by atoms with van der Waals surface area (Å²) in [5.41, 5.74) is -8.46. The van der Waals surface area contributed by atoms with Crippen molar-refractivity contribution in [1.82, 2.24) is 0 Å². The van der Waals surface area contributed by atoms with Crippen LogP contribution in [0.4, 0.5) is 87.8 Å². The lowest BCUT2D eigenvalue weighted by molar-refractivity contribution is -0.477. The number of halogens is 20. The van der Waals surface area contributed by atoms with Crippen LogP contribution in [0.3, 0.4) is 0 Å². The molecule has 0 aliphatic heterocycles. The van der Waals surface area contributed by atoms with E-state index >= 15 is 87.8 Å². The number of hydrogen-bond donors (Lipinski definition) is 0. The zero-order valence-corrected chi connectivity index (χ0v) is 33.4.